The van der Waals surface area contributed by atoms with Crippen LogP contribution in [0.15, 0.2) is 127 Å². The van der Waals surface area contributed by atoms with Crippen LogP contribution in [0.1, 0.15) is 0 Å². The second-order valence-electron chi connectivity index (χ2n) is 10.1. The number of hydrogen-bond donors (Lipinski definition) is 0. The first-order chi connectivity index (χ1) is 18.4. The van der Waals surface area contributed by atoms with E-state index in [0.717, 1.165) is 0 Å². The molecule has 0 atom stereocenters. The fraction of sp³-hybridized carbons (Fsp3) is 0. The Balaban J connectivity index is 1.57. The Morgan fingerprint density at radius 1 is 0.324 bits per heavy atom. The molecule has 37 heavy (non-hydrogen) atoms. The smallest absolute Gasteiger partial charge is 0.0620 e. The molecule has 1 aliphatic carbocycles. The lowest BCUT2D eigenvalue weighted by molar-refractivity contribution is 1.37. The standard InChI is InChI=1S/C36H21N/c1-2-11-23-22(10-1)24-12-3-4-14-26(24)29-20-21-33-35(34(29)28-16-6-5-13-25(23)28)31-18-9-17-30-27-15-7-8-19-32(27)37(33)36(30)31/h1-21H. The molecule has 0 spiro atoms. The van der Waals surface area contributed by atoms with E-state index in [1.54, 1.807) is 0 Å². The van der Waals surface area contributed by atoms with E-state index < -0.39 is 0 Å². The lowest BCUT2D eigenvalue weighted by Crippen LogP contribution is -1.97. The van der Waals surface area contributed by atoms with Crippen molar-refractivity contribution in [2.75, 3.05) is 0 Å². The van der Waals surface area contributed by atoms with Crippen LogP contribution in [0.2, 0.25) is 0 Å². The number of rotatable bonds is 0. The van der Waals surface area contributed by atoms with E-state index in [1.807, 2.05) is 0 Å². The van der Waals surface area contributed by atoms with Crippen molar-refractivity contribution in [3.63, 3.8) is 0 Å². The summed E-state index contributed by atoms with van der Waals surface area (Å²) in [6.07, 6.45) is 0. The van der Waals surface area contributed by atoms with Gasteiger partial charge in [0.2, 0.25) is 0 Å². The number of nitrogens with zero attached hydrogens (tertiary/aromatic N) is 1. The fourth-order valence-electron chi connectivity index (χ4n) is 6.87. The van der Waals surface area contributed by atoms with Crippen molar-refractivity contribution in [2.45, 2.75) is 0 Å². The maximum absolute atomic E-state index is 2.48. The molecule has 2 aromatic heterocycles. The molecule has 0 radical (unpaired) electrons. The Morgan fingerprint density at radius 3 is 1.54 bits per heavy atom. The van der Waals surface area contributed by atoms with Crippen LogP contribution >= 0.6 is 0 Å². The third kappa shape index (κ3) is 2.34. The Morgan fingerprint density at radius 2 is 0.838 bits per heavy atom. The summed E-state index contributed by atoms with van der Waals surface area (Å²) in [4.78, 5) is 0. The van der Waals surface area contributed by atoms with E-state index in [4.69, 9.17) is 0 Å². The highest BCUT2D eigenvalue weighted by Crippen LogP contribution is 2.52. The van der Waals surface area contributed by atoms with Gasteiger partial charge in [-0.3, -0.25) is 0 Å². The Hall–Kier alpha value is -4.88. The third-order valence-electron chi connectivity index (χ3n) is 8.31. The summed E-state index contributed by atoms with van der Waals surface area (Å²) in [5.74, 6) is 0. The molecule has 9 rings (SSSR count). The summed E-state index contributed by atoms with van der Waals surface area (Å²) in [5.41, 5.74) is 14.2. The average Bonchev–Trinajstić information content (AvgIpc) is 3.48. The van der Waals surface area contributed by atoms with Crippen LogP contribution in [0.5, 0.6) is 0 Å². The molecule has 2 heterocycles. The van der Waals surface area contributed by atoms with Crippen molar-refractivity contribution in [2.24, 2.45) is 0 Å². The van der Waals surface area contributed by atoms with Crippen molar-refractivity contribution < 1.29 is 0 Å². The van der Waals surface area contributed by atoms with Gasteiger partial charge in [-0.2, -0.15) is 0 Å². The molecule has 1 nitrogen and oxygen atoms in total. The van der Waals surface area contributed by atoms with Crippen molar-refractivity contribution in [3.8, 4) is 44.5 Å². The van der Waals surface area contributed by atoms with Crippen molar-refractivity contribution in [1.82, 2.24) is 4.40 Å². The highest BCUT2D eigenvalue weighted by atomic mass is 14.9. The zero-order valence-corrected chi connectivity index (χ0v) is 20.1. The van der Waals surface area contributed by atoms with E-state index in [1.165, 1.54) is 82.6 Å². The molecule has 1 aliphatic rings. The fourth-order valence-corrected chi connectivity index (χ4v) is 6.87. The highest BCUT2D eigenvalue weighted by molar-refractivity contribution is 6.28. The first-order valence-corrected chi connectivity index (χ1v) is 12.9. The largest absolute Gasteiger partial charge is 0.308 e. The molecular formula is C36H21N. The summed E-state index contributed by atoms with van der Waals surface area (Å²) in [6.45, 7) is 0. The average molecular weight is 468 g/mol. The van der Waals surface area contributed by atoms with Gasteiger partial charge in [-0.15, -0.1) is 0 Å². The predicted octanol–water partition coefficient (Wildman–Crippen LogP) is 9.82. The lowest BCUT2D eigenvalue weighted by Gasteiger charge is -2.23. The summed E-state index contributed by atoms with van der Waals surface area (Å²) in [6, 6.07) is 47.0. The van der Waals surface area contributed by atoms with E-state index in [9.17, 15) is 0 Å². The van der Waals surface area contributed by atoms with Gasteiger partial charge >= 0.3 is 0 Å². The van der Waals surface area contributed by atoms with Gasteiger partial charge in [0, 0.05) is 27.1 Å². The Bertz CT molecular complexity index is 2190. The predicted molar refractivity (Wildman–Crippen MR) is 156 cm³/mol. The molecule has 0 saturated heterocycles. The number of benzene rings is 6. The molecule has 0 bridgehead atoms. The molecule has 6 aromatic carbocycles. The van der Waals surface area contributed by atoms with E-state index in [2.05, 4.69) is 132 Å². The monoisotopic (exact) mass is 467 g/mol. The molecule has 0 amide bonds. The second-order valence-corrected chi connectivity index (χ2v) is 10.1. The number of para-hydroxylation sites is 2. The minimum Gasteiger partial charge on any atom is -0.308 e. The van der Waals surface area contributed by atoms with Crippen molar-refractivity contribution >= 4 is 38.1 Å². The van der Waals surface area contributed by atoms with Crippen LogP contribution < -0.4 is 0 Å². The molecule has 0 saturated carbocycles. The summed E-state index contributed by atoms with van der Waals surface area (Å²) in [7, 11) is 0. The minimum absolute atomic E-state index is 1.27. The lowest BCUT2D eigenvalue weighted by atomic mass is 9.79. The summed E-state index contributed by atoms with van der Waals surface area (Å²) in [5, 5.41) is 5.30. The van der Waals surface area contributed by atoms with E-state index >= 15 is 0 Å². The Kier molecular flexibility index (Phi) is 3.59. The first-order valence-electron chi connectivity index (χ1n) is 12.9. The van der Waals surface area contributed by atoms with Gasteiger partial charge in [-0.1, -0.05) is 115 Å². The SMILES string of the molecule is c1ccc2c(c1)-c1ccccc1-c1ccc3c(c1-c1ccccc1-2)c1cccc2c4ccccc4n3c21. The van der Waals surface area contributed by atoms with E-state index in [0.29, 0.717) is 0 Å². The quantitative estimate of drug-likeness (QED) is 0.209. The van der Waals surface area contributed by atoms with Crippen LogP contribution in [-0.4, -0.2) is 4.40 Å². The molecule has 170 valence electrons. The molecule has 1 heteroatoms. The number of fused-ring (bicyclic) bond motifs is 15. The zero-order valence-electron chi connectivity index (χ0n) is 20.1. The summed E-state index contributed by atoms with van der Waals surface area (Å²) >= 11 is 0. The van der Waals surface area contributed by atoms with Gasteiger partial charge in [0.1, 0.15) is 0 Å². The molecule has 0 unspecified atom stereocenters. The van der Waals surface area contributed by atoms with E-state index in [-0.39, 0.29) is 0 Å². The minimum atomic E-state index is 1.27. The highest BCUT2D eigenvalue weighted by Gasteiger charge is 2.26. The van der Waals surface area contributed by atoms with Crippen molar-refractivity contribution in [1.29, 1.82) is 0 Å². The van der Waals surface area contributed by atoms with Gasteiger partial charge in [-0.25, -0.2) is 0 Å². The summed E-state index contributed by atoms with van der Waals surface area (Å²) < 4.78 is 2.48. The maximum Gasteiger partial charge on any atom is 0.0620 e. The van der Waals surface area contributed by atoms with Crippen LogP contribution in [0.3, 0.4) is 0 Å². The third-order valence-corrected chi connectivity index (χ3v) is 8.31. The first kappa shape index (κ1) is 19.3. The molecule has 0 N–H and O–H groups in total. The van der Waals surface area contributed by atoms with Gasteiger partial charge in [0.15, 0.2) is 0 Å². The maximum atomic E-state index is 2.48. The zero-order chi connectivity index (χ0) is 24.1. The normalized spacial score (nSPS) is 12.3. The second kappa shape index (κ2) is 6.87. The molecule has 0 aliphatic heterocycles. The topological polar surface area (TPSA) is 4.41 Å². The van der Waals surface area contributed by atoms with Crippen LogP contribution in [-0.2, 0) is 0 Å². The number of aromatic nitrogens is 1. The Labute approximate surface area is 214 Å². The van der Waals surface area contributed by atoms with Gasteiger partial charge < -0.3 is 4.40 Å². The van der Waals surface area contributed by atoms with Crippen LogP contribution in [0.4, 0.5) is 0 Å². The van der Waals surface area contributed by atoms with Crippen LogP contribution in [0, 0.1) is 0 Å². The van der Waals surface area contributed by atoms with Crippen LogP contribution in [0.25, 0.3) is 82.6 Å². The molecular weight excluding hydrogens is 446 g/mol. The van der Waals surface area contributed by atoms with Gasteiger partial charge in [0.25, 0.3) is 0 Å². The van der Waals surface area contributed by atoms with Gasteiger partial charge in [0.05, 0.1) is 16.6 Å². The molecule has 0 fully saturated rings. The number of hydrogen-bond acceptors (Lipinski definition) is 0. The van der Waals surface area contributed by atoms with Crippen molar-refractivity contribution in [3.05, 3.63) is 127 Å². The molecule has 8 aromatic rings. The van der Waals surface area contributed by atoms with Gasteiger partial charge in [-0.05, 0) is 51.1 Å².